The first-order valence-corrected chi connectivity index (χ1v) is 13.7. The molecule has 2 N–H and O–H groups in total. The van der Waals surface area contributed by atoms with Crippen molar-refractivity contribution in [3.05, 3.63) is 65.9 Å². The summed E-state index contributed by atoms with van der Waals surface area (Å²) in [5.41, 5.74) is 6.14. The number of sulfonamides is 1. The molecular weight excluding hydrogens is 490 g/mol. The SMILES string of the molecule is Cc1nc(N2CCCN(c3ccc(-c4cccc(-c5cncs5)c4)cc3)C2=O)sc1S(N)(=O)=O. The maximum Gasteiger partial charge on any atom is 0.330 e. The molecule has 0 saturated carbocycles. The third-order valence-electron chi connectivity index (χ3n) is 5.55. The van der Waals surface area contributed by atoms with Crippen molar-refractivity contribution in [1.82, 2.24) is 9.97 Å². The van der Waals surface area contributed by atoms with E-state index in [1.807, 2.05) is 42.0 Å². The fraction of sp³-hybridized carbons (Fsp3) is 0.174. The zero-order valence-corrected chi connectivity index (χ0v) is 20.7. The van der Waals surface area contributed by atoms with Crippen LogP contribution in [0.15, 0.2) is 64.4 Å². The largest absolute Gasteiger partial charge is 0.330 e. The number of urea groups is 1. The van der Waals surface area contributed by atoms with Crippen LogP contribution in [-0.2, 0) is 10.0 Å². The van der Waals surface area contributed by atoms with Gasteiger partial charge in [-0.15, -0.1) is 11.3 Å². The van der Waals surface area contributed by atoms with Gasteiger partial charge >= 0.3 is 6.03 Å². The Hall–Kier alpha value is -3.12. The van der Waals surface area contributed by atoms with Crippen molar-refractivity contribution >= 4 is 49.5 Å². The number of aromatic nitrogens is 2. The Labute approximate surface area is 205 Å². The number of thiazole rings is 2. The number of benzene rings is 2. The Balaban J connectivity index is 1.39. The molecule has 174 valence electrons. The van der Waals surface area contributed by atoms with Crippen molar-refractivity contribution in [3.8, 4) is 21.6 Å². The van der Waals surface area contributed by atoms with E-state index in [1.54, 1.807) is 23.2 Å². The van der Waals surface area contributed by atoms with E-state index in [-0.39, 0.29) is 10.2 Å². The second kappa shape index (κ2) is 8.91. The van der Waals surface area contributed by atoms with Crippen LogP contribution in [0.3, 0.4) is 0 Å². The summed E-state index contributed by atoms with van der Waals surface area (Å²) in [6.07, 6.45) is 2.59. The van der Waals surface area contributed by atoms with E-state index in [2.05, 4.69) is 28.2 Å². The van der Waals surface area contributed by atoms with E-state index in [1.165, 1.54) is 4.90 Å². The highest BCUT2D eigenvalue weighted by Gasteiger charge is 2.31. The van der Waals surface area contributed by atoms with Crippen LogP contribution in [0.2, 0.25) is 0 Å². The van der Waals surface area contributed by atoms with Crippen molar-refractivity contribution in [2.45, 2.75) is 17.6 Å². The fourth-order valence-electron chi connectivity index (χ4n) is 3.93. The van der Waals surface area contributed by atoms with Gasteiger partial charge in [-0.1, -0.05) is 41.7 Å². The van der Waals surface area contributed by atoms with Gasteiger partial charge in [-0.2, -0.15) is 0 Å². The summed E-state index contributed by atoms with van der Waals surface area (Å²) >= 11 is 2.52. The number of carbonyl (C=O) groups is 1. The van der Waals surface area contributed by atoms with Crippen molar-refractivity contribution < 1.29 is 13.2 Å². The number of amides is 2. The first-order valence-electron chi connectivity index (χ1n) is 10.5. The third kappa shape index (κ3) is 4.34. The second-order valence-electron chi connectivity index (χ2n) is 7.85. The number of anilines is 2. The monoisotopic (exact) mass is 511 g/mol. The molecule has 34 heavy (non-hydrogen) atoms. The molecule has 0 unspecified atom stereocenters. The average molecular weight is 512 g/mol. The molecule has 0 spiro atoms. The van der Waals surface area contributed by atoms with Gasteiger partial charge in [-0.05, 0) is 48.2 Å². The zero-order chi connectivity index (χ0) is 23.9. The molecule has 0 radical (unpaired) electrons. The molecule has 4 aromatic rings. The van der Waals surface area contributed by atoms with E-state index in [0.717, 1.165) is 45.0 Å². The van der Waals surface area contributed by atoms with Crippen LogP contribution in [0.1, 0.15) is 12.1 Å². The normalized spacial score (nSPS) is 14.6. The molecule has 5 rings (SSSR count). The van der Waals surface area contributed by atoms with Gasteiger partial charge in [0.1, 0.15) is 0 Å². The smallest absolute Gasteiger partial charge is 0.294 e. The van der Waals surface area contributed by atoms with Crippen LogP contribution in [0.5, 0.6) is 0 Å². The van der Waals surface area contributed by atoms with Gasteiger partial charge in [0.05, 0.1) is 16.1 Å². The molecule has 0 aliphatic carbocycles. The second-order valence-corrected chi connectivity index (χ2v) is 11.5. The maximum absolute atomic E-state index is 13.3. The van der Waals surface area contributed by atoms with Crippen molar-refractivity contribution in [1.29, 1.82) is 0 Å². The van der Waals surface area contributed by atoms with E-state index in [9.17, 15) is 13.2 Å². The summed E-state index contributed by atoms with van der Waals surface area (Å²) in [6, 6.07) is 15.9. The van der Waals surface area contributed by atoms with Gasteiger partial charge in [0.15, 0.2) is 9.34 Å². The predicted molar refractivity (Wildman–Crippen MR) is 136 cm³/mol. The minimum absolute atomic E-state index is 0.0164. The lowest BCUT2D eigenvalue weighted by Gasteiger charge is -2.34. The van der Waals surface area contributed by atoms with Gasteiger partial charge in [0.2, 0.25) is 10.0 Å². The number of hydrogen-bond donors (Lipinski definition) is 1. The molecule has 2 aromatic carbocycles. The quantitative estimate of drug-likeness (QED) is 0.417. The Bertz CT molecular complexity index is 1450. The van der Waals surface area contributed by atoms with Crippen LogP contribution in [0, 0.1) is 6.92 Å². The molecule has 2 aromatic heterocycles. The van der Waals surface area contributed by atoms with Crippen molar-refractivity contribution in [3.63, 3.8) is 0 Å². The highest BCUT2D eigenvalue weighted by Crippen LogP contribution is 2.33. The Morgan fingerprint density at radius 1 is 1.00 bits per heavy atom. The average Bonchev–Trinajstić information content (AvgIpc) is 3.50. The lowest BCUT2D eigenvalue weighted by Crippen LogP contribution is -2.49. The first kappa shape index (κ1) is 22.7. The number of carbonyl (C=O) groups excluding carboxylic acids is 1. The zero-order valence-electron chi connectivity index (χ0n) is 18.2. The molecule has 8 nitrogen and oxygen atoms in total. The summed E-state index contributed by atoms with van der Waals surface area (Å²) < 4.78 is 23.6. The van der Waals surface area contributed by atoms with Gasteiger partial charge < -0.3 is 0 Å². The highest BCUT2D eigenvalue weighted by molar-refractivity contribution is 7.91. The van der Waals surface area contributed by atoms with Crippen molar-refractivity contribution in [2.75, 3.05) is 22.9 Å². The summed E-state index contributed by atoms with van der Waals surface area (Å²) in [4.78, 5) is 26.0. The van der Waals surface area contributed by atoms with Gasteiger partial charge in [-0.25, -0.2) is 23.3 Å². The number of rotatable bonds is 5. The number of nitrogens with zero attached hydrogens (tertiary/aromatic N) is 4. The molecule has 1 saturated heterocycles. The van der Waals surface area contributed by atoms with Crippen LogP contribution in [-0.4, -0.2) is 37.5 Å². The van der Waals surface area contributed by atoms with Crippen LogP contribution in [0.4, 0.5) is 15.6 Å². The first-order chi connectivity index (χ1) is 16.3. The van der Waals surface area contributed by atoms with E-state index in [0.29, 0.717) is 23.9 Å². The highest BCUT2D eigenvalue weighted by atomic mass is 32.2. The van der Waals surface area contributed by atoms with Crippen LogP contribution >= 0.6 is 22.7 Å². The summed E-state index contributed by atoms with van der Waals surface area (Å²) in [5.74, 6) is 0. The molecule has 1 fully saturated rings. The van der Waals surface area contributed by atoms with Crippen molar-refractivity contribution in [2.24, 2.45) is 5.14 Å². The van der Waals surface area contributed by atoms with Gasteiger partial charge in [-0.3, -0.25) is 14.8 Å². The summed E-state index contributed by atoms with van der Waals surface area (Å²) in [7, 11) is -3.88. The standard InChI is InChI=1S/C23H21N5O3S3/c1-15-21(34(24,30)31)33-22(26-15)28-11-3-10-27(23(28)29)19-8-6-16(7-9-19)17-4-2-5-18(12-17)20-13-25-14-32-20/h2,4-9,12-14H,3,10-11H2,1H3,(H2,24,30,31). The summed E-state index contributed by atoms with van der Waals surface area (Å²) in [5, 5.41) is 5.62. The predicted octanol–water partition coefficient (Wildman–Crippen LogP) is 4.73. The molecule has 2 amide bonds. The number of aryl methyl sites for hydroxylation is 1. The van der Waals surface area contributed by atoms with Gasteiger partial charge in [0, 0.05) is 25.0 Å². The van der Waals surface area contributed by atoms with Gasteiger partial charge in [0.25, 0.3) is 0 Å². The minimum atomic E-state index is -3.88. The van der Waals surface area contributed by atoms with E-state index >= 15 is 0 Å². The van der Waals surface area contributed by atoms with E-state index in [4.69, 9.17) is 5.14 Å². The van der Waals surface area contributed by atoms with E-state index < -0.39 is 10.0 Å². The minimum Gasteiger partial charge on any atom is -0.294 e. The third-order valence-corrected chi connectivity index (χ3v) is 9.11. The number of primary sulfonamides is 1. The Kier molecular flexibility index (Phi) is 5.94. The van der Waals surface area contributed by atoms with Crippen LogP contribution in [0.25, 0.3) is 21.6 Å². The fourth-order valence-corrected chi connectivity index (χ4v) is 6.52. The Morgan fingerprint density at radius 3 is 2.41 bits per heavy atom. The lowest BCUT2D eigenvalue weighted by atomic mass is 10.0. The molecule has 11 heteroatoms. The number of hydrogen-bond acceptors (Lipinski definition) is 7. The molecule has 0 atom stereocenters. The maximum atomic E-state index is 13.3. The molecule has 1 aliphatic heterocycles. The molecule has 3 heterocycles. The number of nitrogens with two attached hydrogens (primary N) is 1. The Morgan fingerprint density at radius 2 is 1.74 bits per heavy atom. The molecule has 1 aliphatic rings. The molecule has 0 bridgehead atoms. The van der Waals surface area contributed by atoms with Crippen LogP contribution < -0.4 is 14.9 Å². The summed E-state index contributed by atoms with van der Waals surface area (Å²) in [6.45, 7) is 2.62. The topological polar surface area (TPSA) is 109 Å². The molecular formula is C23H21N5O3S3. The lowest BCUT2D eigenvalue weighted by molar-refractivity contribution is 0.248.